The molecule has 0 aliphatic rings. The van der Waals surface area contributed by atoms with Crippen LogP contribution in [0.15, 0.2) is 55.8 Å². The van der Waals surface area contributed by atoms with Gasteiger partial charge in [-0.15, -0.1) is 0 Å². The van der Waals surface area contributed by atoms with E-state index in [0.29, 0.717) is 11.8 Å². The molecule has 0 radical (unpaired) electrons. The molecule has 0 spiro atoms. The molecule has 102 valence electrons. The number of nitrogens with one attached hydrogen (secondary N) is 1. The number of anilines is 2. The van der Waals surface area contributed by atoms with E-state index >= 15 is 0 Å². The fourth-order valence-electron chi connectivity index (χ4n) is 2.06. The molecule has 0 atom stereocenters. The first-order valence-electron chi connectivity index (χ1n) is 6.31. The summed E-state index contributed by atoms with van der Waals surface area (Å²) in [6.07, 6.45) is 0. The van der Waals surface area contributed by atoms with Crippen LogP contribution in [0.2, 0.25) is 0 Å². The number of benzene rings is 1. The zero-order valence-electron chi connectivity index (χ0n) is 11.2. The van der Waals surface area contributed by atoms with Gasteiger partial charge in [0.05, 0.1) is 0 Å². The van der Waals surface area contributed by atoms with Gasteiger partial charge in [-0.2, -0.15) is 0 Å². The van der Waals surface area contributed by atoms with Gasteiger partial charge in [0.25, 0.3) is 0 Å². The molecule has 3 aromatic rings. The van der Waals surface area contributed by atoms with Crippen LogP contribution in [0.3, 0.4) is 0 Å². The lowest BCUT2D eigenvalue weighted by Crippen LogP contribution is -1.88. The first-order valence-corrected chi connectivity index (χ1v) is 7.11. The van der Waals surface area contributed by atoms with Gasteiger partial charge in [0.15, 0.2) is 5.88 Å². The average Bonchev–Trinajstić information content (AvgIpc) is 2.97. The van der Waals surface area contributed by atoms with Crippen molar-refractivity contribution in [2.24, 2.45) is 0 Å². The number of hydrogen-bond acceptors (Lipinski definition) is 3. The Morgan fingerprint density at radius 3 is 2.30 bits per heavy atom. The van der Waals surface area contributed by atoms with Gasteiger partial charge in [0.2, 0.25) is 5.88 Å². The lowest BCUT2D eigenvalue weighted by Gasteiger charge is -2.04. The molecule has 3 rings (SSSR count). The monoisotopic (exact) mass is 331 g/mol. The van der Waals surface area contributed by atoms with Gasteiger partial charge in [-0.3, -0.25) is 5.32 Å². The Morgan fingerprint density at radius 1 is 0.900 bits per heavy atom. The molecule has 4 heteroatoms. The van der Waals surface area contributed by atoms with Gasteiger partial charge >= 0.3 is 0 Å². The second-order valence-corrected chi connectivity index (χ2v) is 5.56. The van der Waals surface area contributed by atoms with E-state index in [9.17, 15) is 0 Å². The fraction of sp³-hybridized carbons (Fsp3) is 0.125. The predicted octanol–water partition coefficient (Wildman–Crippen LogP) is 5.66. The first kappa shape index (κ1) is 13.1. The quantitative estimate of drug-likeness (QED) is 0.672. The van der Waals surface area contributed by atoms with E-state index in [-0.39, 0.29) is 0 Å². The largest absolute Gasteiger partial charge is 0.446 e. The Kier molecular flexibility index (Phi) is 3.40. The third-order valence-corrected chi connectivity index (χ3v) is 3.52. The third kappa shape index (κ3) is 2.65. The Bertz CT molecular complexity index is 725. The summed E-state index contributed by atoms with van der Waals surface area (Å²) in [5.74, 6) is 3.09. The minimum Gasteiger partial charge on any atom is -0.446 e. The van der Waals surface area contributed by atoms with Crippen LogP contribution in [0.5, 0.6) is 0 Å². The summed E-state index contributed by atoms with van der Waals surface area (Å²) in [4.78, 5) is 0. The Hall–Kier alpha value is -1.94. The highest BCUT2D eigenvalue weighted by atomic mass is 79.9. The van der Waals surface area contributed by atoms with E-state index < -0.39 is 0 Å². The van der Waals surface area contributed by atoms with E-state index in [1.54, 1.807) is 0 Å². The minimum absolute atomic E-state index is 0.676. The molecule has 1 N–H and O–H groups in total. The van der Waals surface area contributed by atoms with E-state index in [2.05, 4.69) is 21.2 Å². The molecule has 0 fully saturated rings. The van der Waals surface area contributed by atoms with Gasteiger partial charge in [0.1, 0.15) is 11.5 Å². The van der Waals surface area contributed by atoms with Crippen LogP contribution in [0.4, 0.5) is 11.8 Å². The van der Waals surface area contributed by atoms with Crippen molar-refractivity contribution in [3.8, 4) is 11.1 Å². The van der Waals surface area contributed by atoms with Crippen LogP contribution in [-0.2, 0) is 0 Å². The molecule has 0 saturated carbocycles. The number of rotatable bonds is 3. The molecule has 2 aromatic heterocycles. The van der Waals surface area contributed by atoms with Crippen LogP contribution in [0.1, 0.15) is 11.5 Å². The molecule has 0 aliphatic carbocycles. The highest BCUT2D eigenvalue weighted by molar-refractivity contribution is 9.10. The van der Waals surface area contributed by atoms with E-state index in [0.717, 1.165) is 27.1 Å². The molecule has 2 heterocycles. The standard InChI is InChI=1S/C16H14BrNO2/c1-10-3-8-15(19-10)18-16-14(9-11(2)20-16)12-4-6-13(17)7-5-12/h3-9,18H,1-2H3. The van der Waals surface area contributed by atoms with E-state index in [1.807, 2.05) is 56.3 Å². The molecule has 0 unspecified atom stereocenters. The number of furan rings is 2. The van der Waals surface area contributed by atoms with E-state index in [1.165, 1.54) is 0 Å². The van der Waals surface area contributed by atoms with Crippen molar-refractivity contribution >= 4 is 27.7 Å². The molecule has 0 bridgehead atoms. The van der Waals surface area contributed by atoms with Crippen LogP contribution >= 0.6 is 15.9 Å². The van der Waals surface area contributed by atoms with Crippen molar-refractivity contribution in [3.63, 3.8) is 0 Å². The van der Waals surface area contributed by atoms with Gasteiger partial charge in [-0.25, -0.2) is 0 Å². The topological polar surface area (TPSA) is 38.3 Å². The molecular formula is C16H14BrNO2. The van der Waals surface area contributed by atoms with Crippen molar-refractivity contribution in [1.29, 1.82) is 0 Å². The summed E-state index contributed by atoms with van der Waals surface area (Å²) < 4.78 is 12.3. The SMILES string of the molecule is Cc1ccc(Nc2oc(C)cc2-c2ccc(Br)cc2)o1. The summed E-state index contributed by atoms with van der Waals surface area (Å²) in [5, 5.41) is 3.18. The lowest BCUT2D eigenvalue weighted by molar-refractivity contribution is 0.528. The van der Waals surface area contributed by atoms with Crippen LogP contribution < -0.4 is 5.32 Å². The number of hydrogen-bond donors (Lipinski definition) is 1. The Balaban J connectivity index is 1.97. The normalized spacial score (nSPS) is 10.8. The summed E-state index contributed by atoms with van der Waals surface area (Å²) in [7, 11) is 0. The number of halogens is 1. The molecule has 1 aromatic carbocycles. The van der Waals surface area contributed by atoms with Crippen molar-refractivity contribution in [2.45, 2.75) is 13.8 Å². The van der Waals surface area contributed by atoms with Gasteiger partial charge in [-0.05, 0) is 43.7 Å². The third-order valence-electron chi connectivity index (χ3n) is 2.99. The molecule has 3 nitrogen and oxygen atoms in total. The highest BCUT2D eigenvalue weighted by Crippen LogP contribution is 2.34. The molecule has 20 heavy (non-hydrogen) atoms. The van der Waals surface area contributed by atoms with E-state index in [4.69, 9.17) is 8.83 Å². The maximum atomic E-state index is 5.73. The Labute approximate surface area is 125 Å². The maximum absolute atomic E-state index is 5.73. The summed E-state index contributed by atoms with van der Waals surface area (Å²) in [5.41, 5.74) is 2.11. The minimum atomic E-state index is 0.676. The molecule has 0 aliphatic heterocycles. The molecule has 0 saturated heterocycles. The zero-order chi connectivity index (χ0) is 14.1. The second-order valence-electron chi connectivity index (χ2n) is 4.64. The summed E-state index contributed by atoms with van der Waals surface area (Å²) >= 11 is 3.44. The highest BCUT2D eigenvalue weighted by Gasteiger charge is 2.12. The lowest BCUT2D eigenvalue weighted by atomic mass is 10.1. The Morgan fingerprint density at radius 2 is 1.65 bits per heavy atom. The van der Waals surface area contributed by atoms with Crippen molar-refractivity contribution in [1.82, 2.24) is 0 Å². The van der Waals surface area contributed by atoms with Gasteiger partial charge in [0, 0.05) is 16.1 Å². The average molecular weight is 332 g/mol. The second kappa shape index (κ2) is 5.21. The van der Waals surface area contributed by atoms with Gasteiger partial charge < -0.3 is 8.83 Å². The molecule has 0 amide bonds. The molecular weight excluding hydrogens is 318 g/mol. The van der Waals surface area contributed by atoms with Crippen molar-refractivity contribution < 1.29 is 8.83 Å². The number of aryl methyl sites for hydroxylation is 2. The zero-order valence-corrected chi connectivity index (χ0v) is 12.8. The smallest absolute Gasteiger partial charge is 0.207 e. The van der Waals surface area contributed by atoms with Gasteiger partial charge in [-0.1, -0.05) is 28.1 Å². The van der Waals surface area contributed by atoms with Crippen LogP contribution in [0, 0.1) is 13.8 Å². The summed E-state index contributed by atoms with van der Waals surface area (Å²) in [6.45, 7) is 3.84. The maximum Gasteiger partial charge on any atom is 0.207 e. The van der Waals surface area contributed by atoms with Crippen LogP contribution in [-0.4, -0.2) is 0 Å². The first-order chi connectivity index (χ1) is 9.61. The fourth-order valence-corrected chi connectivity index (χ4v) is 2.33. The summed E-state index contributed by atoms with van der Waals surface area (Å²) in [6, 6.07) is 13.9. The van der Waals surface area contributed by atoms with Crippen molar-refractivity contribution in [2.75, 3.05) is 5.32 Å². The van der Waals surface area contributed by atoms with Crippen LogP contribution in [0.25, 0.3) is 11.1 Å². The van der Waals surface area contributed by atoms with Crippen molar-refractivity contribution in [3.05, 3.63) is 58.5 Å². The predicted molar refractivity (Wildman–Crippen MR) is 83.3 cm³/mol.